The molecule has 0 saturated carbocycles. The van der Waals surface area contributed by atoms with Gasteiger partial charge in [-0.2, -0.15) is 4.31 Å². The van der Waals surface area contributed by atoms with E-state index in [1.165, 1.54) is 18.2 Å². The Morgan fingerprint density at radius 1 is 1.17 bits per heavy atom. The maximum Gasteiger partial charge on any atom is 0.303 e. The van der Waals surface area contributed by atoms with Crippen molar-refractivity contribution in [2.24, 2.45) is 5.92 Å². The van der Waals surface area contributed by atoms with Crippen LogP contribution < -0.4 is 5.32 Å². The van der Waals surface area contributed by atoms with Crippen LogP contribution in [0.25, 0.3) is 0 Å². The predicted molar refractivity (Wildman–Crippen MR) is 132 cm³/mol. The first-order valence-corrected chi connectivity index (χ1v) is 13.4. The van der Waals surface area contributed by atoms with Crippen molar-refractivity contribution in [3.05, 3.63) is 64.7 Å². The molecule has 10 heteroatoms. The number of aliphatic hydroxyl groups is 1. The minimum Gasteiger partial charge on any atom is -0.481 e. The summed E-state index contributed by atoms with van der Waals surface area (Å²) in [5.74, 6) is -2.87. The van der Waals surface area contributed by atoms with Gasteiger partial charge in [0.1, 0.15) is 16.5 Å². The molecule has 0 heterocycles. The summed E-state index contributed by atoms with van der Waals surface area (Å²) in [7, 11) is -3.23. The number of fused-ring (bicyclic) bond motifs is 1. The van der Waals surface area contributed by atoms with Crippen molar-refractivity contribution in [2.75, 3.05) is 20.1 Å². The molecular weight excluding hydrogens is 490 g/mol. The molecule has 7 nitrogen and oxygen atoms in total. The number of rotatable bonds is 12. The van der Waals surface area contributed by atoms with E-state index in [1.807, 2.05) is 26.0 Å². The SMILES string of the molecule is CN(CC(O)CNC(C)(C)CC1Cc2ccccc2C1)S(=O)(=O)c1cc(F)c(CCC(=O)O)cc1F. The van der Waals surface area contributed by atoms with Crippen molar-refractivity contribution < 1.29 is 32.2 Å². The lowest BCUT2D eigenvalue weighted by Crippen LogP contribution is -2.47. The standard InChI is InChI=1S/C26H34F2N2O5S/c1-26(2,14-17-10-18-6-4-5-7-19(18)11-17)29-15-21(31)16-30(3)36(34,35)24-13-22(27)20(12-23(24)28)8-9-25(32)33/h4-7,12-13,17,21,29,31H,8-11,14-16H2,1-3H3,(H,32,33). The fourth-order valence-corrected chi connectivity index (χ4v) is 6.07. The maximum atomic E-state index is 14.5. The van der Waals surface area contributed by atoms with Gasteiger partial charge in [-0.15, -0.1) is 0 Å². The molecule has 0 amide bonds. The van der Waals surface area contributed by atoms with Gasteiger partial charge in [-0.05, 0) is 74.3 Å². The number of likely N-dealkylation sites (N-methyl/N-ethyl adjacent to an activating group) is 1. The van der Waals surface area contributed by atoms with Crippen LogP contribution >= 0.6 is 0 Å². The first-order valence-electron chi connectivity index (χ1n) is 11.9. The smallest absolute Gasteiger partial charge is 0.303 e. The van der Waals surface area contributed by atoms with Crippen molar-refractivity contribution in [1.82, 2.24) is 9.62 Å². The Labute approximate surface area is 211 Å². The third-order valence-corrected chi connectivity index (χ3v) is 8.45. The summed E-state index contributed by atoms with van der Waals surface area (Å²) in [6.07, 6.45) is 1.13. The summed E-state index contributed by atoms with van der Waals surface area (Å²) in [5.41, 5.74) is 2.22. The maximum absolute atomic E-state index is 14.5. The van der Waals surface area contributed by atoms with Gasteiger partial charge in [-0.3, -0.25) is 4.79 Å². The number of hydrogen-bond acceptors (Lipinski definition) is 5. The molecule has 2 aromatic carbocycles. The van der Waals surface area contributed by atoms with Crippen LogP contribution in [-0.2, 0) is 34.1 Å². The largest absolute Gasteiger partial charge is 0.481 e. The molecule has 0 saturated heterocycles. The molecule has 1 unspecified atom stereocenters. The van der Waals surface area contributed by atoms with E-state index in [4.69, 9.17) is 5.11 Å². The molecule has 36 heavy (non-hydrogen) atoms. The number of sulfonamides is 1. The zero-order chi connectivity index (χ0) is 26.7. The number of carbonyl (C=O) groups is 1. The number of hydrogen-bond donors (Lipinski definition) is 3. The zero-order valence-electron chi connectivity index (χ0n) is 20.8. The first-order chi connectivity index (χ1) is 16.8. The molecule has 198 valence electrons. The van der Waals surface area contributed by atoms with Gasteiger partial charge < -0.3 is 15.5 Å². The van der Waals surface area contributed by atoms with Crippen LogP contribution in [0.5, 0.6) is 0 Å². The molecule has 2 aromatic rings. The molecule has 1 atom stereocenters. The van der Waals surface area contributed by atoms with Gasteiger partial charge in [0.2, 0.25) is 10.0 Å². The van der Waals surface area contributed by atoms with E-state index >= 15 is 0 Å². The molecule has 1 aliphatic carbocycles. The zero-order valence-corrected chi connectivity index (χ0v) is 21.6. The summed E-state index contributed by atoms with van der Waals surface area (Å²) in [6.45, 7) is 3.88. The van der Waals surface area contributed by atoms with E-state index in [0.717, 1.165) is 23.6 Å². The van der Waals surface area contributed by atoms with Crippen molar-refractivity contribution in [3.8, 4) is 0 Å². The Balaban J connectivity index is 1.56. The Hall–Kier alpha value is -2.40. The van der Waals surface area contributed by atoms with E-state index in [1.54, 1.807) is 0 Å². The molecule has 0 spiro atoms. The molecule has 0 fully saturated rings. The number of aliphatic hydroxyl groups excluding tert-OH is 1. The van der Waals surface area contributed by atoms with Crippen LogP contribution in [0, 0.1) is 17.6 Å². The first kappa shape index (κ1) is 28.2. The fraction of sp³-hybridized carbons (Fsp3) is 0.500. The lowest BCUT2D eigenvalue weighted by atomic mass is 9.88. The monoisotopic (exact) mass is 524 g/mol. The molecule has 0 bridgehead atoms. The number of aliphatic carboxylic acids is 1. The minimum absolute atomic E-state index is 0.123. The van der Waals surface area contributed by atoms with Gasteiger partial charge in [0.15, 0.2) is 0 Å². The molecule has 3 N–H and O–H groups in total. The third-order valence-electron chi connectivity index (χ3n) is 6.62. The highest BCUT2D eigenvalue weighted by Gasteiger charge is 2.30. The van der Waals surface area contributed by atoms with Crippen LogP contribution in [0.4, 0.5) is 8.78 Å². The van der Waals surface area contributed by atoms with Gasteiger partial charge in [0.05, 0.1) is 6.10 Å². The second-order valence-electron chi connectivity index (χ2n) is 10.2. The predicted octanol–water partition coefficient (Wildman–Crippen LogP) is 3.14. The van der Waals surface area contributed by atoms with Crippen molar-refractivity contribution in [1.29, 1.82) is 0 Å². The average Bonchev–Trinajstić information content (AvgIpc) is 3.19. The summed E-state index contributed by atoms with van der Waals surface area (Å²) >= 11 is 0. The van der Waals surface area contributed by atoms with Crippen LogP contribution in [0.15, 0.2) is 41.3 Å². The van der Waals surface area contributed by atoms with E-state index in [9.17, 15) is 27.1 Å². The van der Waals surface area contributed by atoms with Crippen LogP contribution in [0.3, 0.4) is 0 Å². The Morgan fingerprint density at radius 2 is 1.78 bits per heavy atom. The van der Waals surface area contributed by atoms with E-state index < -0.39 is 45.0 Å². The second kappa shape index (κ2) is 11.3. The Kier molecular flexibility index (Phi) is 8.87. The van der Waals surface area contributed by atoms with Gasteiger partial charge >= 0.3 is 5.97 Å². The summed E-state index contributed by atoms with van der Waals surface area (Å²) < 4.78 is 55.4. The van der Waals surface area contributed by atoms with E-state index in [0.29, 0.717) is 18.1 Å². The third kappa shape index (κ3) is 7.09. The molecule has 0 radical (unpaired) electrons. The number of nitrogens with one attached hydrogen (secondary N) is 1. The highest BCUT2D eigenvalue weighted by atomic mass is 32.2. The molecule has 1 aliphatic rings. The molecular formula is C26H34F2N2O5S. The van der Waals surface area contributed by atoms with Crippen molar-refractivity contribution in [3.63, 3.8) is 0 Å². The van der Waals surface area contributed by atoms with Crippen molar-refractivity contribution in [2.45, 2.75) is 62.5 Å². The fourth-order valence-electron chi connectivity index (χ4n) is 4.81. The number of β-amino-alcohol motifs (C(OH)–C–C–N with tert-alkyl or cyclic N) is 1. The second-order valence-corrected chi connectivity index (χ2v) is 12.2. The lowest BCUT2D eigenvalue weighted by Gasteiger charge is -2.31. The minimum atomic E-state index is -4.42. The number of aryl methyl sites for hydroxylation is 1. The Morgan fingerprint density at radius 3 is 2.36 bits per heavy atom. The van der Waals surface area contributed by atoms with Crippen LogP contribution in [-0.4, -0.2) is 60.7 Å². The number of carboxylic acid groups (broad SMARTS) is 1. The van der Waals surface area contributed by atoms with Crippen LogP contribution in [0.1, 0.15) is 43.4 Å². The summed E-state index contributed by atoms with van der Waals surface area (Å²) in [6, 6.07) is 9.65. The number of nitrogens with zero attached hydrogens (tertiary/aromatic N) is 1. The number of carboxylic acids is 1. The highest BCUT2D eigenvalue weighted by molar-refractivity contribution is 7.89. The molecule has 0 aliphatic heterocycles. The van der Waals surface area contributed by atoms with E-state index in [2.05, 4.69) is 17.4 Å². The molecule has 0 aromatic heterocycles. The van der Waals surface area contributed by atoms with Crippen LogP contribution in [0.2, 0.25) is 0 Å². The topological polar surface area (TPSA) is 107 Å². The average molecular weight is 525 g/mol. The quantitative estimate of drug-likeness (QED) is 0.394. The Bertz CT molecular complexity index is 1180. The van der Waals surface area contributed by atoms with Gasteiger partial charge in [0, 0.05) is 32.1 Å². The number of benzene rings is 2. The summed E-state index contributed by atoms with van der Waals surface area (Å²) in [5, 5.41) is 22.5. The van der Waals surface area contributed by atoms with Gasteiger partial charge in [-0.25, -0.2) is 17.2 Å². The molecule has 3 rings (SSSR count). The lowest BCUT2D eigenvalue weighted by molar-refractivity contribution is -0.136. The normalized spacial score (nSPS) is 15.3. The van der Waals surface area contributed by atoms with E-state index in [-0.39, 0.29) is 30.6 Å². The summed E-state index contributed by atoms with van der Waals surface area (Å²) in [4.78, 5) is 9.83. The van der Waals surface area contributed by atoms with Gasteiger partial charge in [-0.1, -0.05) is 24.3 Å². The van der Waals surface area contributed by atoms with Crippen molar-refractivity contribution >= 4 is 16.0 Å². The number of halogens is 2. The van der Waals surface area contributed by atoms with Gasteiger partial charge in [0.25, 0.3) is 0 Å². The highest BCUT2D eigenvalue weighted by Crippen LogP contribution is 2.32.